The fraction of sp³-hybridized carbons (Fsp3) is 0.278. The third-order valence-corrected chi connectivity index (χ3v) is 9.22. The van der Waals surface area contributed by atoms with E-state index in [1.807, 2.05) is 88.4 Å². The molecule has 0 spiro atoms. The zero-order chi connectivity index (χ0) is 31.7. The third-order valence-electron chi connectivity index (χ3n) is 7.43. The van der Waals surface area contributed by atoms with Crippen molar-refractivity contribution in [3.05, 3.63) is 131 Å². The highest BCUT2D eigenvalue weighted by atomic mass is 32.2. The van der Waals surface area contributed by atoms with E-state index < -0.39 is 28.5 Å². The van der Waals surface area contributed by atoms with Crippen molar-refractivity contribution in [2.24, 2.45) is 0 Å². The molecule has 0 aromatic heterocycles. The molecule has 0 saturated heterocycles. The summed E-state index contributed by atoms with van der Waals surface area (Å²) in [6.07, 6.45) is 1.02. The Hall–Kier alpha value is -4.43. The van der Waals surface area contributed by atoms with Gasteiger partial charge in [-0.25, -0.2) is 8.42 Å². The van der Waals surface area contributed by atoms with Gasteiger partial charge in [0.25, 0.3) is 10.0 Å². The molecule has 44 heavy (non-hydrogen) atoms. The molecule has 1 N–H and O–H groups in total. The fourth-order valence-corrected chi connectivity index (χ4v) is 6.48. The van der Waals surface area contributed by atoms with Crippen molar-refractivity contribution < 1.29 is 18.0 Å². The van der Waals surface area contributed by atoms with Crippen LogP contribution in [0.3, 0.4) is 0 Å². The fourth-order valence-electron chi connectivity index (χ4n) is 5.08. The second-order valence-corrected chi connectivity index (χ2v) is 13.0. The molecular weight excluding hydrogens is 570 g/mol. The molecular formula is C36H41N3O4S. The number of amides is 2. The zero-order valence-corrected chi connectivity index (χ0v) is 26.7. The van der Waals surface area contributed by atoms with E-state index in [1.54, 1.807) is 42.5 Å². The summed E-state index contributed by atoms with van der Waals surface area (Å²) in [4.78, 5) is 29.8. The molecule has 4 aromatic rings. The van der Waals surface area contributed by atoms with Crippen LogP contribution in [0, 0.1) is 20.8 Å². The molecule has 0 radical (unpaired) electrons. The van der Waals surface area contributed by atoms with Gasteiger partial charge >= 0.3 is 0 Å². The lowest BCUT2D eigenvalue weighted by Crippen LogP contribution is -2.53. The van der Waals surface area contributed by atoms with Gasteiger partial charge in [-0.1, -0.05) is 96.9 Å². The lowest BCUT2D eigenvalue weighted by atomic mass is 10.0. The van der Waals surface area contributed by atoms with Crippen LogP contribution in [0.2, 0.25) is 0 Å². The largest absolute Gasteiger partial charge is 0.354 e. The molecule has 0 aliphatic carbocycles. The average molecular weight is 612 g/mol. The molecule has 0 aliphatic heterocycles. The van der Waals surface area contributed by atoms with Gasteiger partial charge in [-0.05, 0) is 68.1 Å². The predicted octanol–water partition coefficient (Wildman–Crippen LogP) is 5.97. The monoisotopic (exact) mass is 611 g/mol. The Morgan fingerprint density at radius 3 is 2.02 bits per heavy atom. The summed E-state index contributed by atoms with van der Waals surface area (Å²) in [5.41, 5.74) is 4.93. The molecule has 4 aromatic carbocycles. The lowest BCUT2D eigenvalue weighted by Gasteiger charge is -2.34. The highest BCUT2D eigenvalue weighted by Gasteiger charge is 2.34. The van der Waals surface area contributed by atoms with Crippen LogP contribution in [0.25, 0.3) is 0 Å². The van der Waals surface area contributed by atoms with Gasteiger partial charge in [0, 0.05) is 19.5 Å². The summed E-state index contributed by atoms with van der Waals surface area (Å²) >= 11 is 0. The highest BCUT2D eigenvalue weighted by Crippen LogP contribution is 2.26. The van der Waals surface area contributed by atoms with Crippen molar-refractivity contribution in [1.82, 2.24) is 10.2 Å². The third kappa shape index (κ3) is 8.35. The number of hydrogen-bond acceptors (Lipinski definition) is 4. The summed E-state index contributed by atoms with van der Waals surface area (Å²) in [5.74, 6) is -0.753. The first-order chi connectivity index (χ1) is 21.1. The number of hydrogen-bond donors (Lipinski definition) is 1. The summed E-state index contributed by atoms with van der Waals surface area (Å²) in [7, 11) is -4.13. The maximum absolute atomic E-state index is 14.5. The molecule has 0 aliphatic rings. The van der Waals surface area contributed by atoms with E-state index >= 15 is 0 Å². The Bertz CT molecular complexity index is 1670. The molecule has 4 rings (SSSR count). The quantitative estimate of drug-likeness (QED) is 0.202. The van der Waals surface area contributed by atoms with Gasteiger partial charge < -0.3 is 10.2 Å². The van der Waals surface area contributed by atoms with Gasteiger partial charge in [0.15, 0.2) is 0 Å². The van der Waals surface area contributed by atoms with Gasteiger partial charge in [-0.3, -0.25) is 13.9 Å². The molecule has 0 heterocycles. The highest BCUT2D eigenvalue weighted by molar-refractivity contribution is 7.92. The van der Waals surface area contributed by atoms with Gasteiger partial charge in [0.2, 0.25) is 11.8 Å². The molecule has 0 saturated carbocycles. The van der Waals surface area contributed by atoms with Crippen molar-refractivity contribution in [2.45, 2.75) is 58.0 Å². The summed E-state index contributed by atoms with van der Waals surface area (Å²) in [6, 6.07) is 30.1. The first kappa shape index (κ1) is 32.5. The van der Waals surface area contributed by atoms with Crippen LogP contribution in [0.1, 0.15) is 41.2 Å². The number of nitrogens with zero attached hydrogens (tertiary/aromatic N) is 2. The predicted molar refractivity (Wildman–Crippen MR) is 176 cm³/mol. The molecule has 1 atom stereocenters. The minimum atomic E-state index is -4.13. The second-order valence-electron chi connectivity index (χ2n) is 11.2. The minimum Gasteiger partial charge on any atom is -0.354 e. The van der Waals surface area contributed by atoms with E-state index in [-0.39, 0.29) is 23.8 Å². The number of benzene rings is 4. The second kappa shape index (κ2) is 14.8. The van der Waals surface area contributed by atoms with Crippen LogP contribution in [0.15, 0.2) is 108 Å². The van der Waals surface area contributed by atoms with Gasteiger partial charge in [-0.2, -0.15) is 0 Å². The van der Waals surface area contributed by atoms with E-state index in [2.05, 4.69) is 5.32 Å². The number of aryl methyl sites for hydroxylation is 3. The van der Waals surface area contributed by atoms with Crippen molar-refractivity contribution in [2.75, 3.05) is 17.4 Å². The topological polar surface area (TPSA) is 86.8 Å². The van der Waals surface area contributed by atoms with Crippen molar-refractivity contribution in [3.63, 3.8) is 0 Å². The van der Waals surface area contributed by atoms with Crippen LogP contribution in [-0.4, -0.2) is 44.3 Å². The smallest absolute Gasteiger partial charge is 0.264 e. The van der Waals surface area contributed by atoms with Crippen LogP contribution < -0.4 is 9.62 Å². The molecule has 230 valence electrons. The number of anilines is 1. The van der Waals surface area contributed by atoms with E-state index in [4.69, 9.17) is 0 Å². The molecule has 2 amide bonds. The van der Waals surface area contributed by atoms with Gasteiger partial charge in [0.05, 0.1) is 10.6 Å². The average Bonchev–Trinajstić information content (AvgIpc) is 3.01. The normalized spacial score (nSPS) is 11.9. The SMILES string of the molecule is CCCNC(=O)[C@@H](Cc1ccccc1)N(Cc1cccc(C)c1)C(=O)CN(c1cccc(C)c1)S(=O)(=O)c1ccc(C)cc1. The standard InChI is InChI=1S/C36H41N3O4S/c1-5-21-37-36(41)34(24-30-13-7-6-8-14-30)38(25-31-15-9-11-28(3)22-31)35(40)26-39(32-16-10-12-29(4)23-32)44(42,43)33-19-17-27(2)18-20-33/h6-20,22-23,34H,5,21,24-26H2,1-4H3,(H,37,41)/t34-/m1/s1. The van der Waals surface area contributed by atoms with Crippen LogP contribution in [-0.2, 0) is 32.6 Å². The van der Waals surface area contributed by atoms with Crippen molar-refractivity contribution in [3.8, 4) is 0 Å². The maximum atomic E-state index is 14.5. The maximum Gasteiger partial charge on any atom is 0.264 e. The lowest BCUT2D eigenvalue weighted by molar-refractivity contribution is -0.140. The Kier molecular flexibility index (Phi) is 11.0. The Morgan fingerprint density at radius 2 is 1.39 bits per heavy atom. The molecule has 0 bridgehead atoms. The number of nitrogens with one attached hydrogen (secondary N) is 1. The van der Waals surface area contributed by atoms with Crippen LogP contribution >= 0.6 is 0 Å². The number of carbonyl (C=O) groups is 2. The molecule has 8 heteroatoms. The minimum absolute atomic E-state index is 0.0872. The number of rotatable bonds is 13. The first-order valence-electron chi connectivity index (χ1n) is 14.9. The van der Waals surface area contributed by atoms with Crippen LogP contribution in [0.5, 0.6) is 0 Å². The van der Waals surface area contributed by atoms with E-state index in [9.17, 15) is 18.0 Å². The van der Waals surface area contributed by atoms with E-state index in [0.717, 1.165) is 38.5 Å². The van der Waals surface area contributed by atoms with Crippen LogP contribution in [0.4, 0.5) is 5.69 Å². The van der Waals surface area contributed by atoms with Crippen molar-refractivity contribution in [1.29, 1.82) is 0 Å². The van der Waals surface area contributed by atoms with Gasteiger partial charge in [0.1, 0.15) is 12.6 Å². The summed E-state index contributed by atoms with van der Waals surface area (Å²) in [5, 5.41) is 2.97. The number of sulfonamides is 1. The molecule has 7 nitrogen and oxygen atoms in total. The molecule has 0 fully saturated rings. The zero-order valence-electron chi connectivity index (χ0n) is 25.9. The summed E-state index contributed by atoms with van der Waals surface area (Å²) < 4.78 is 29.4. The van der Waals surface area contributed by atoms with E-state index in [0.29, 0.717) is 12.2 Å². The van der Waals surface area contributed by atoms with Crippen molar-refractivity contribution >= 4 is 27.5 Å². The Labute approximate surface area is 261 Å². The summed E-state index contributed by atoms with van der Waals surface area (Å²) in [6.45, 7) is 7.84. The molecule has 0 unspecified atom stereocenters. The van der Waals surface area contributed by atoms with E-state index in [1.165, 1.54) is 4.90 Å². The number of carbonyl (C=O) groups excluding carboxylic acids is 2. The first-order valence-corrected chi connectivity index (χ1v) is 16.3. The Balaban J connectivity index is 1.80. The Morgan fingerprint density at radius 1 is 0.750 bits per heavy atom. The van der Waals surface area contributed by atoms with Gasteiger partial charge in [-0.15, -0.1) is 0 Å².